The fourth-order valence-corrected chi connectivity index (χ4v) is 4.45. The van der Waals surface area contributed by atoms with Crippen molar-refractivity contribution in [3.8, 4) is 6.07 Å². The van der Waals surface area contributed by atoms with Crippen molar-refractivity contribution in [1.82, 2.24) is 9.97 Å². The molecule has 12 heteroatoms. The van der Waals surface area contributed by atoms with Crippen molar-refractivity contribution in [1.29, 1.82) is 5.26 Å². The Labute approximate surface area is 252 Å². The summed E-state index contributed by atoms with van der Waals surface area (Å²) in [6, 6.07) is 18.9. The summed E-state index contributed by atoms with van der Waals surface area (Å²) in [6.45, 7) is 5.97. The third kappa shape index (κ3) is 7.13. The summed E-state index contributed by atoms with van der Waals surface area (Å²) >= 11 is 12.6. The van der Waals surface area contributed by atoms with E-state index in [-0.39, 0.29) is 17.6 Å². The van der Waals surface area contributed by atoms with Gasteiger partial charge in [-0.3, -0.25) is 10.1 Å². The zero-order chi connectivity index (χ0) is 30.4. The van der Waals surface area contributed by atoms with E-state index in [1.807, 2.05) is 13.8 Å². The van der Waals surface area contributed by atoms with Crippen molar-refractivity contribution < 1.29 is 14.5 Å². The molecule has 1 aromatic heterocycles. The maximum atomic E-state index is 12.2. The number of ether oxygens (including phenoxy) is 1. The summed E-state index contributed by atoms with van der Waals surface area (Å²) < 4.78 is 5.23. The first-order valence-electron chi connectivity index (χ1n) is 12.8. The van der Waals surface area contributed by atoms with Gasteiger partial charge in [-0.05, 0) is 72.0 Å². The van der Waals surface area contributed by atoms with Gasteiger partial charge in [0, 0.05) is 21.4 Å². The molecule has 214 valence electrons. The van der Waals surface area contributed by atoms with E-state index in [2.05, 4.69) is 26.7 Å². The molecule has 0 aliphatic heterocycles. The molecular formula is C30H26Cl2N6O4. The van der Waals surface area contributed by atoms with E-state index in [0.29, 0.717) is 44.7 Å². The first kappa shape index (κ1) is 30.2. The fourth-order valence-electron chi connectivity index (χ4n) is 4.05. The average Bonchev–Trinajstić information content (AvgIpc) is 2.96. The third-order valence-electron chi connectivity index (χ3n) is 6.18. The number of esters is 1. The highest BCUT2D eigenvalue weighted by atomic mass is 35.5. The molecule has 4 rings (SSSR count). The van der Waals surface area contributed by atoms with Gasteiger partial charge in [0.2, 0.25) is 11.6 Å². The fraction of sp³-hybridized carbons (Fsp3) is 0.200. The quantitative estimate of drug-likeness (QED) is 0.105. The number of carbonyl (C=O) groups excluding carboxylic acids is 1. The first-order chi connectivity index (χ1) is 20.1. The number of anilines is 4. The Morgan fingerprint density at radius 1 is 1.05 bits per heavy atom. The highest BCUT2D eigenvalue weighted by molar-refractivity contribution is 6.32. The smallest absolute Gasteiger partial charge is 0.353 e. The third-order valence-corrected chi connectivity index (χ3v) is 6.76. The van der Waals surface area contributed by atoms with Crippen molar-refractivity contribution >= 4 is 57.9 Å². The Kier molecular flexibility index (Phi) is 9.57. The zero-order valence-corrected chi connectivity index (χ0v) is 24.4. The second-order valence-electron chi connectivity index (χ2n) is 9.80. The summed E-state index contributed by atoms with van der Waals surface area (Å²) in [5.74, 6) is -1.01. The van der Waals surface area contributed by atoms with Gasteiger partial charge in [0.1, 0.15) is 6.33 Å². The molecule has 0 aliphatic rings. The number of nitro groups is 1. The number of hydrogen-bond acceptors (Lipinski definition) is 9. The second-order valence-corrected chi connectivity index (χ2v) is 10.6. The van der Waals surface area contributed by atoms with Crippen molar-refractivity contribution in [2.45, 2.75) is 26.7 Å². The molecule has 1 atom stereocenters. The van der Waals surface area contributed by atoms with Gasteiger partial charge in [0.15, 0.2) is 0 Å². The molecular weight excluding hydrogens is 579 g/mol. The SMILES string of the molecule is Cc1cc(C(C#N)c2ccc(Cl)cc2)c(Cl)cc1Nc1ncnc(Nc2ccc(C(=O)OCC(C)C)cc2)c1[N+](=O)[O-]. The molecule has 1 heterocycles. The van der Waals surface area contributed by atoms with Crippen LogP contribution in [-0.2, 0) is 4.74 Å². The largest absolute Gasteiger partial charge is 0.462 e. The number of carbonyl (C=O) groups is 1. The molecule has 0 fully saturated rings. The lowest BCUT2D eigenvalue weighted by atomic mass is 9.91. The molecule has 3 aromatic carbocycles. The Hall–Kier alpha value is -4.72. The second kappa shape index (κ2) is 13.3. The summed E-state index contributed by atoms with van der Waals surface area (Å²) in [4.78, 5) is 31.9. The standard InChI is InChI=1S/C30H26Cl2N6O4/c1-17(2)15-42-30(39)20-6-10-22(11-7-20)36-28-27(38(40)41)29(35-16-34-28)37-26-13-25(32)23(12-18(26)3)24(14-33)19-4-8-21(31)9-5-19/h4-13,16-17,24H,15H2,1-3H3,(H2,34,35,36,37). The lowest BCUT2D eigenvalue weighted by Gasteiger charge is -2.17. The van der Waals surface area contributed by atoms with Crippen LogP contribution in [0.2, 0.25) is 10.0 Å². The van der Waals surface area contributed by atoms with Crippen LogP contribution < -0.4 is 10.6 Å². The van der Waals surface area contributed by atoms with E-state index in [4.69, 9.17) is 27.9 Å². The van der Waals surface area contributed by atoms with Crippen LogP contribution in [0.4, 0.5) is 28.7 Å². The average molecular weight is 605 g/mol. The topological polar surface area (TPSA) is 143 Å². The van der Waals surface area contributed by atoms with Crippen LogP contribution >= 0.6 is 23.2 Å². The number of nitrogens with one attached hydrogen (secondary N) is 2. The monoisotopic (exact) mass is 604 g/mol. The Bertz CT molecular complexity index is 1650. The van der Waals surface area contributed by atoms with Crippen molar-refractivity contribution in [2.75, 3.05) is 17.2 Å². The number of aromatic nitrogens is 2. The van der Waals surface area contributed by atoms with Gasteiger partial charge < -0.3 is 15.4 Å². The van der Waals surface area contributed by atoms with Gasteiger partial charge in [-0.15, -0.1) is 0 Å². The van der Waals surface area contributed by atoms with E-state index < -0.39 is 22.5 Å². The van der Waals surface area contributed by atoms with Crippen molar-refractivity contribution in [3.63, 3.8) is 0 Å². The predicted molar refractivity (Wildman–Crippen MR) is 162 cm³/mol. The Balaban J connectivity index is 1.59. The number of hydrogen-bond donors (Lipinski definition) is 2. The minimum Gasteiger partial charge on any atom is -0.462 e. The molecule has 0 saturated heterocycles. The van der Waals surface area contributed by atoms with Gasteiger partial charge in [-0.2, -0.15) is 5.26 Å². The molecule has 0 spiro atoms. The maximum Gasteiger partial charge on any atom is 0.353 e. The highest BCUT2D eigenvalue weighted by Gasteiger charge is 2.25. The summed E-state index contributed by atoms with van der Waals surface area (Å²) in [6.07, 6.45) is 1.19. The number of aryl methyl sites for hydroxylation is 1. The van der Waals surface area contributed by atoms with Crippen LogP contribution in [0.3, 0.4) is 0 Å². The van der Waals surface area contributed by atoms with Crippen molar-refractivity contribution in [3.05, 3.63) is 109 Å². The van der Waals surface area contributed by atoms with Gasteiger partial charge in [-0.1, -0.05) is 55.2 Å². The molecule has 10 nitrogen and oxygen atoms in total. The van der Waals surface area contributed by atoms with Crippen LogP contribution in [0.1, 0.15) is 46.8 Å². The molecule has 2 N–H and O–H groups in total. The van der Waals surface area contributed by atoms with Crippen LogP contribution in [0.25, 0.3) is 0 Å². The molecule has 0 saturated carbocycles. The van der Waals surface area contributed by atoms with Crippen molar-refractivity contribution in [2.24, 2.45) is 5.92 Å². The maximum absolute atomic E-state index is 12.2. The van der Waals surface area contributed by atoms with Crippen LogP contribution in [0, 0.1) is 34.3 Å². The molecule has 4 aromatic rings. The lowest BCUT2D eigenvalue weighted by Crippen LogP contribution is -2.10. The summed E-state index contributed by atoms with van der Waals surface area (Å²) in [5.41, 5.74) is 2.89. The number of benzene rings is 3. The molecule has 42 heavy (non-hydrogen) atoms. The normalized spacial score (nSPS) is 11.5. The van der Waals surface area contributed by atoms with E-state index in [9.17, 15) is 20.2 Å². The highest BCUT2D eigenvalue weighted by Crippen LogP contribution is 2.38. The molecule has 0 bridgehead atoms. The van der Waals surface area contributed by atoms with Gasteiger partial charge in [-0.25, -0.2) is 14.8 Å². The summed E-state index contributed by atoms with van der Waals surface area (Å²) in [7, 11) is 0. The minimum atomic E-state index is -0.643. The lowest BCUT2D eigenvalue weighted by molar-refractivity contribution is -0.383. The van der Waals surface area contributed by atoms with Crippen LogP contribution in [-0.4, -0.2) is 27.5 Å². The van der Waals surface area contributed by atoms with E-state index in [1.165, 1.54) is 6.33 Å². The van der Waals surface area contributed by atoms with Gasteiger partial charge in [0.05, 0.1) is 29.1 Å². The van der Waals surface area contributed by atoms with Crippen LogP contribution in [0.15, 0.2) is 67.0 Å². The number of nitrogens with zero attached hydrogens (tertiary/aromatic N) is 4. The van der Waals surface area contributed by atoms with Gasteiger partial charge in [0.25, 0.3) is 0 Å². The number of nitriles is 1. The molecule has 0 radical (unpaired) electrons. The number of rotatable bonds is 10. The summed E-state index contributed by atoms with van der Waals surface area (Å²) in [5, 5.41) is 28.8. The van der Waals surface area contributed by atoms with E-state index in [1.54, 1.807) is 67.6 Å². The predicted octanol–water partition coefficient (Wildman–Crippen LogP) is 7.96. The zero-order valence-electron chi connectivity index (χ0n) is 22.9. The molecule has 1 unspecified atom stereocenters. The Morgan fingerprint density at radius 2 is 1.69 bits per heavy atom. The van der Waals surface area contributed by atoms with E-state index in [0.717, 1.165) is 5.56 Å². The number of halogens is 2. The van der Waals surface area contributed by atoms with E-state index >= 15 is 0 Å². The first-order valence-corrected chi connectivity index (χ1v) is 13.6. The Morgan fingerprint density at radius 3 is 2.29 bits per heavy atom. The minimum absolute atomic E-state index is 0.0553. The molecule has 0 aliphatic carbocycles. The van der Waals surface area contributed by atoms with Gasteiger partial charge >= 0.3 is 11.7 Å². The van der Waals surface area contributed by atoms with Crippen LogP contribution in [0.5, 0.6) is 0 Å². The molecule has 0 amide bonds.